The average Bonchev–Trinajstić information content (AvgIpc) is 3.30. The molecule has 5 unspecified atom stereocenters. The molecule has 0 aromatic rings. The standard InChI is InChI=1S/C36H63N3O3/c1-23(2)10-9-11-24(3)29-15-16-30-28-14-13-26-22-27(17-19-35(26,5)31(28)18-20-36(29,30)6)42-34(41)25(4)39-33(40)32(38)12-7-8-21-37/h13,23-25,27-32H,7-12,14-22,37-38H2,1-6H3,(H,39,40)/t24-,25+,27?,28?,29-,30?,31?,32?,35+,36-/m1/s1. The van der Waals surface area contributed by atoms with Crippen molar-refractivity contribution in [2.75, 3.05) is 6.54 Å². The Balaban J connectivity index is 1.33. The number of unbranched alkanes of at least 4 members (excludes halogenated alkanes) is 1. The van der Waals surface area contributed by atoms with Gasteiger partial charge in [0.1, 0.15) is 12.1 Å². The molecule has 5 N–H and O–H groups in total. The highest BCUT2D eigenvalue weighted by atomic mass is 16.5. The van der Waals surface area contributed by atoms with E-state index in [0.29, 0.717) is 18.4 Å². The van der Waals surface area contributed by atoms with E-state index in [1.807, 2.05) is 0 Å². The molecule has 10 atom stereocenters. The van der Waals surface area contributed by atoms with E-state index >= 15 is 0 Å². The maximum Gasteiger partial charge on any atom is 0.328 e. The summed E-state index contributed by atoms with van der Waals surface area (Å²) in [5.41, 5.74) is 13.8. The van der Waals surface area contributed by atoms with E-state index in [2.05, 4.69) is 46.0 Å². The van der Waals surface area contributed by atoms with Crippen LogP contribution in [0, 0.1) is 46.3 Å². The molecule has 4 aliphatic rings. The summed E-state index contributed by atoms with van der Waals surface area (Å²) in [6.45, 7) is 14.7. The van der Waals surface area contributed by atoms with Gasteiger partial charge < -0.3 is 21.5 Å². The van der Waals surface area contributed by atoms with E-state index in [4.69, 9.17) is 16.2 Å². The lowest BCUT2D eigenvalue weighted by molar-refractivity contribution is -0.155. The molecule has 0 spiro atoms. The molecule has 0 aromatic carbocycles. The van der Waals surface area contributed by atoms with E-state index in [-0.39, 0.29) is 23.4 Å². The monoisotopic (exact) mass is 585 g/mol. The van der Waals surface area contributed by atoms with Gasteiger partial charge >= 0.3 is 5.97 Å². The predicted molar refractivity (Wildman–Crippen MR) is 171 cm³/mol. The predicted octanol–water partition coefficient (Wildman–Crippen LogP) is 6.90. The van der Waals surface area contributed by atoms with Gasteiger partial charge in [0.05, 0.1) is 6.04 Å². The molecule has 6 nitrogen and oxygen atoms in total. The Bertz CT molecular complexity index is 965. The normalized spacial score (nSPS) is 36.2. The fraction of sp³-hybridized carbons (Fsp3) is 0.889. The van der Waals surface area contributed by atoms with Crippen molar-refractivity contribution in [1.29, 1.82) is 0 Å². The van der Waals surface area contributed by atoms with E-state index in [0.717, 1.165) is 67.6 Å². The minimum atomic E-state index is -0.699. The van der Waals surface area contributed by atoms with Gasteiger partial charge in [0.2, 0.25) is 5.91 Å². The van der Waals surface area contributed by atoms with Crippen LogP contribution in [0.5, 0.6) is 0 Å². The van der Waals surface area contributed by atoms with Gasteiger partial charge in [0.25, 0.3) is 0 Å². The first-order valence-corrected chi connectivity index (χ1v) is 17.6. The van der Waals surface area contributed by atoms with Crippen molar-refractivity contribution < 1.29 is 14.3 Å². The Kier molecular flexibility index (Phi) is 11.3. The van der Waals surface area contributed by atoms with Crippen molar-refractivity contribution in [2.24, 2.45) is 57.8 Å². The number of nitrogens with one attached hydrogen (secondary N) is 1. The van der Waals surface area contributed by atoms with E-state index < -0.39 is 12.1 Å². The molecular formula is C36H63N3O3. The van der Waals surface area contributed by atoms with Crippen LogP contribution < -0.4 is 16.8 Å². The molecule has 0 saturated heterocycles. The van der Waals surface area contributed by atoms with Crippen LogP contribution in [0.2, 0.25) is 0 Å². The quantitative estimate of drug-likeness (QED) is 0.124. The van der Waals surface area contributed by atoms with Crippen molar-refractivity contribution in [3.63, 3.8) is 0 Å². The molecular weight excluding hydrogens is 522 g/mol. The third-order valence-electron chi connectivity index (χ3n) is 12.6. The molecule has 0 bridgehead atoms. The van der Waals surface area contributed by atoms with Crippen LogP contribution in [-0.4, -0.2) is 36.6 Å². The van der Waals surface area contributed by atoms with Crippen LogP contribution in [0.4, 0.5) is 0 Å². The lowest BCUT2D eigenvalue weighted by atomic mass is 9.47. The number of hydrogen-bond acceptors (Lipinski definition) is 5. The van der Waals surface area contributed by atoms with E-state index in [9.17, 15) is 9.59 Å². The zero-order valence-electron chi connectivity index (χ0n) is 27.8. The summed E-state index contributed by atoms with van der Waals surface area (Å²) >= 11 is 0. The van der Waals surface area contributed by atoms with Crippen molar-refractivity contribution in [3.05, 3.63) is 11.6 Å². The van der Waals surface area contributed by atoms with Crippen LogP contribution in [0.15, 0.2) is 11.6 Å². The Labute approximate surface area is 256 Å². The summed E-state index contributed by atoms with van der Waals surface area (Å²) in [6, 6.07) is -1.32. The highest BCUT2D eigenvalue weighted by Gasteiger charge is 2.59. The Morgan fingerprint density at radius 2 is 1.74 bits per heavy atom. The first kappa shape index (κ1) is 33.5. The summed E-state index contributed by atoms with van der Waals surface area (Å²) in [4.78, 5) is 25.4. The minimum absolute atomic E-state index is 0.109. The molecule has 1 amide bonds. The fourth-order valence-corrected chi connectivity index (χ4v) is 10.0. The number of amides is 1. The van der Waals surface area contributed by atoms with Gasteiger partial charge in [0.15, 0.2) is 0 Å². The number of nitrogens with two attached hydrogens (primary N) is 2. The lowest BCUT2D eigenvalue weighted by Gasteiger charge is -2.58. The largest absolute Gasteiger partial charge is 0.461 e. The molecule has 4 rings (SSSR count). The van der Waals surface area contributed by atoms with Crippen molar-refractivity contribution in [2.45, 2.75) is 150 Å². The zero-order chi connectivity index (χ0) is 30.7. The summed E-state index contributed by atoms with van der Waals surface area (Å²) < 4.78 is 5.98. The van der Waals surface area contributed by atoms with Crippen LogP contribution in [0.3, 0.4) is 0 Å². The third-order valence-corrected chi connectivity index (χ3v) is 12.6. The fourth-order valence-electron chi connectivity index (χ4n) is 10.0. The van der Waals surface area contributed by atoms with Crippen molar-refractivity contribution in [1.82, 2.24) is 5.32 Å². The number of carbonyl (C=O) groups excluding carboxylic acids is 2. The summed E-state index contributed by atoms with van der Waals surface area (Å²) in [5, 5.41) is 2.76. The molecule has 4 aliphatic carbocycles. The highest BCUT2D eigenvalue weighted by molar-refractivity contribution is 5.87. The van der Waals surface area contributed by atoms with Crippen LogP contribution in [-0.2, 0) is 14.3 Å². The topological polar surface area (TPSA) is 107 Å². The lowest BCUT2D eigenvalue weighted by Crippen LogP contribution is -2.51. The number of rotatable bonds is 13. The molecule has 0 heterocycles. The number of fused-ring (bicyclic) bond motifs is 5. The number of allylic oxidation sites excluding steroid dienone is 1. The van der Waals surface area contributed by atoms with Gasteiger partial charge in [-0.1, -0.05) is 72.0 Å². The summed E-state index contributed by atoms with van der Waals surface area (Å²) in [7, 11) is 0. The van der Waals surface area contributed by atoms with Gasteiger partial charge in [0, 0.05) is 6.42 Å². The number of ether oxygens (including phenoxy) is 1. The highest BCUT2D eigenvalue weighted by Crippen LogP contribution is 2.67. The van der Waals surface area contributed by atoms with Gasteiger partial charge in [-0.05, 0) is 118 Å². The SMILES string of the molecule is CC(C)CCC[C@@H](C)[C@H]1CCC2C3CC=C4CC(OC(=O)[C@H](C)NC(=O)C(N)CCCCN)CC[C@]4(C)C3CC[C@@]21C. The minimum Gasteiger partial charge on any atom is -0.461 e. The van der Waals surface area contributed by atoms with E-state index in [1.54, 1.807) is 6.92 Å². The number of carbonyl (C=O) groups is 2. The molecule has 0 radical (unpaired) electrons. The first-order chi connectivity index (χ1) is 19.9. The Hall–Kier alpha value is -1.40. The molecule has 240 valence electrons. The molecule has 0 aromatic heterocycles. The van der Waals surface area contributed by atoms with Gasteiger partial charge in [-0.25, -0.2) is 4.79 Å². The molecule has 3 saturated carbocycles. The van der Waals surface area contributed by atoms with Crippen LogP contribution in [0.25, 0.3) is 0 Å². The van der Waals surface area contributed by atoms with Gasteiger partial charge in [-0.3, -0.25) is 4.79 Å². The van der Waals surface area contributed by atoms with Gasteiger partial charge in [-0.2, -0.15) is 0 Å². The molecule has 0 aliphatic heterocycles. The first-order valence-electron chi connectivity index (χ1n) is 17.6. The maximum absolute atomic E-state index is 12.9. The molecule has 6 heteroatoms. The summed E-state index contributed by atoms with van der Waals surface area (Å²) in [6.07, 6.45) is 18.4. The number of hydrogen-bond donors (Lipinski definition) is 3. The third kappa shape index (κ3) is 7.11. The number of esters is 1. The van der Waals surface area contributed by atoms with Crippen molar-refractivity contribution >= 4 is 11.9 Å². The van der Waals surface area contributed by atoms with E-state index in [1.165, 1.54) is 56.9 Å². The second kappa shape index (κ2) is 14.1. The van der Waals surface area contributed by atoms with Gasteiger partial charge in [-0.15, -0.1) is 0 Å². The smallest absolute Gasteiger partial charge is 0.328 e. The second-order valence-corrected chi connectivity index (χ2v) is 15.7. The molecule has 42 heavy (non-hydrogen) atoms. The zero-order valence-corrected chi connectivity index (χ0v) is 27.8. The Morgan fingerprint density at radius 3 is 2.45 bits per heavy atom. The Morgan fingerprint density at radius 1 is 0.976 bits per heavy atom. The van der Waals surface area contributed by atoms with Crippen LogP contribution in [0.1, 0.15) is 131 Å². The summed E-state index contributed by atoms with van der Waals surface area (Å²) in [5.74, 6) is 4.29. The van der Waals surface area contributed by atoms with Crippen LogP contribution >= 0.6 is 0 Å². The maximum atomic E-state index is 12.9. The average molecular weight is 586 g/mol. The second-order valence-electron chi connectivity index (χ2n) is 15.7. The molecule has 3 fully saturated rings. The van der Waals surface area contributed by atoms with Crippen molar-refractivity contribution in [3.8, 4) is 0 Å².